The third-order valence-corrected chi connectivity index (χ3v) is 8.66. The van der Waals surface area contributed by atoms with Gasteiger partial charge in [0.25, 0.3) is 0 Å². The van der Waals surface area contributed by atoms with E-state index in [9.17, 15) is 9.59 Å². The minimum absolute atomic E-state index is 0.0300. The van der Waals surface area contributed by atoms with Crippen molar-refractivity contribution in [3.63, 3.8) is 0 Å². The molecule has 4 atom stereocenters. The van der Waals surface area contributed by atoms with E-state index in [0.717, 1.165) is 50.8 Å². The van der Waals surface area contributed by atoms with Crippen LogP contribution in [-0.2, 0) is 16.0 Å². The van der Waals surface area contributed by atoms with E-state index in [0.29, 0.717) is 30.5 Å². The molecule has 1 amide bonds. The fraction of sp³-hybridized carbons (Fsp3) is 0.733. The number of nitrogens with zero attached hydrogens (tertiary/aromatic N) is 2. The molecule has 1 aromatic carbocycles. The third kappa shape index (κ3) is 6.54. The molecule has 0 radical (unpaired) electrons. The number of halogens is 1. The summed E-state index contributed by atoms with van der Waals surface area (Å²) in [6.45, 7) is 12.4. The summed E-state index contributed by atoms with van der Waals surface area (Å²) in [5.41, 5.74) is 7.15. The SMILES string of the molecule is CC(C)N1CCC(c2ccc(C[C@@H](CN)CC(=O)[C@@H]3[C@H]4CC[C@H](C4)N3C(=O)OC(C)(C)C)c(F)c2)CC1. The van der Waals surface area contributed by atoms with E-state index in [1.807, 2.05) is 26.8 Å². The van der Waals surface area contributed by atoms with E-state index in [2.05, 4.69) is 24.8 Å². The van der Waals surface area contributed by atoms with Gasteiger partial charge in [-0.25, -0.2) is 9.18 Å². The van der Waals surface area contributed by atoms with Crippen LogP contribution >= 0.6 is 0 Å². The highest BCUT2D eigenvalue weighted by Crippen LogP contribution is 2.44. The standard InChI is InChI=1S/C30H46FN3O3/c1-19(2)33-12-10-21(11-13-33)22-6-7-23(26(31)17-22)14-20(18-32)15-27(35)28-24-8-9-25(16-24)34(28)29(36)37-30(3,4)5/h6-7,17,19-21,24-25,28H,8-16,18,32H2,1-5H3/t20-,24+,25-,28+/m1/s1. The lowest BCUT2D eigenvalue weighted by molar-refractivity contribution is -0.126. The molecule has 6 nitrogen and oxygen atoms in total. The molecule has 4 rings (SSSR count). The number of likely N-dealkylation sites (tertiary alicyclic amines) is 2. The molecular formula is C30H46FN3O3. The Labute approximate surface area is 222 Å². The highest BCUT2D eigenvalue weighted by molar-refractivity contribution is 5.89. The predicted molar refractivity (Wildman–Crippen MR) is 144 cm³/mol. The zero-order valence-corrected chi connectivity index (χ0v) is 23.3. The number of ether oxygens (including phenoxy) is 1. The van der Waals surface area contributed by atoms with Gasteiger partial charge >= 0.3 is 6.09 Å². The van der Waals surface area contributed by atoms with Gasteiger partial charge in [0.2, 0.25) is 0 Å². The Morgan fingerprint density at radius 2 is 1.84 bits per heavy atom. The minimum Gasteiger partial charge on any atom is -0.444 e. The molecule has 1 aromatic rings. The molecule has 1 saturated carbocycles. The summed E-state index contributed by atoms with van der Waals surface area (Å²) in [4.78, 5) is 30.6. The van der Waals surface area contributed by atoms with Crippen molar-refractivity contribution in [2.24, 2.45) is 17.6 Å². The van der Waals surface area contributed by atoms with Crippen molar-refractivity contribution in [3.05, 3.63) is 35.1 Å². The van der Waals surface area contributed by atoms with Crippen LogP contribution in [-0.4, -0.2) is 65.0 Å². The molecule has 206 valence electrons. The van der Waals surface area contributed by atoms with Crippen LogP contribution in [0, 0.1) is 17.7 Å². The van der Waals surface area contributed by atoms with Gasteiger partial charge in [0.15, 0.2) is 5.78 Å². The molecule has 2 saturated heterocycles. The van der Waals surface area contributed by atoms with Crippen LogP contribution in [0.25, 0.3) is 0 Å². The number of piperidine rings is 2. The number of nitrogens with two attached hydrogens (primary N) is 1. The summed E-state index contributed by atoms with van der Waals surface area (Å²) in [6, 6.07) is 5.81. The van der Waals surface area contributed by atoms with E-state index < -0.39 is 17.7 Å². The Hall–Kier alpha value is -1.99. The molecule has 2 heterocycles. The molecule has 0 spiro atoms. The van der Waals surface area contributed by atoms with Gasteiger partial charge in [-0.3, -0.25) is 9.69 Å². The van der Waals surface area contributed by atoms with Crippen molar-refractivity contribution in [1.29, 1.82) is 0 Å². The molecule has 7 heteroatoms. The first-order chi connectivity index (χ1) is 17.5. The van der Waals surface area contributed by atoms with Crippen LogP contribution < -0.4 is 5.73 Å². The monoisotopic (exact) mass is 515 g/mol. The first-order valence-electron chi connectivity index (χ1n) is 14.2. The summed E-state index contributed by atoms with van der Waals surface area (Å²) in [5.74, 6) is 0.234. The van der Waals surface area contributed by atoms with Gasteiger partial charge in [0.1, 0.15) is 11.4 Å². The molecule has 1 aliphatic carbocycles. The zero-order chi connectivity index (χ0) is 26.9. The Morgan fingerprint density at radius 3 is 2.43 bits per heavy atom. The zero-order valence-electron chi connectivity index (χ0n) is 23.3. The second kappa shape index (κ2) is 11.4. The molecule has 0 unspecified atom stereocenters. The van der Waals surface area contributed by atoms with E-state index in [1.165, 1.54) is 0 Å². The highest BCUT2D eigenvalue weighted by Gasteiger charge is 2.52. The molecular weight excluding hydrogens is 469 g/mol. The summed E-state index contributed by atoms with van der Waals surface area (Å²) < 4.78 is 20.8. The Kier molecular flexibility index (Phi) is 8.64. The lowest BCUT2D eigenvalue weighted by Crippen LogP contribution is -2.51. The molecule has 37 heavy (non-hydrogen) atoms. The number of amides is 1. The fourth-order valence-corrected chi connectivity index (χ4v) is 6.67. The van der Waals surface area contributed by atoms with Gasteiger partial charge < -0.3 is 15.4 Å². The van der Waals surface area contributed by atoms with Gasteiger partial charge in [-0.1, -0.05) is 12.1 Å². The van der Waals surface area contributed by atoms with E-state index >= 15 is 4.39 Å². The maximum Gasteiger partial charge on any atom is 0.411 e. The van der Waals surface area contributed by atoms with E-state index in [1.54, 1.807) is 11.0 Å². The van der Waals surface area contributed by atoms with E-state index in [4.69, 9.17) is 10.5 Å². The van der Waals surface area contributed by atoms with Crippen LogP contribution in [0.5, 0.6) is 0 Å². The van der Waals surface area contributed by atoms with Gasteiger partial charge in [-0.2, -0.15) is 0 Å². The van der Waals surface area contributed by atoms with Crippen LogP contribution in [0.15, 0.2) is 18.2 Å². The van der Waals surface area contributed by atoms with Crippen LogP contribution in [0.1, 0.15) is 90.2 Å². The lowest BCUT2D eigenvalue weighted by atomic mass is 9.85. The Morgan fingerprint density at radius 1 is 1.14 bits per heavy atom. The summed E-state index contributed by atoms with van der Waals surface area (Å²) in [5, 5.41) is 0. The highest BCUT2D eigenvalue weighted by atomic mass is 19.1. The number of ketones is 1. The average molecular weight is 516 g/mol. The van der Waals surface area contributed by atoms with E-state index in [-0.39, 0.29) is 35.9 Å². The van der Waals surface area contributed by atoms with Crippen molar-refractivity contribution < 1.29 is 18.7 Å². The van der Waals surface area contributed by atoms with Crippen molar-refractivity contribution in [1.82, 2.24) is 9.80 Å². The maximum absolute atomic E-state index is 15.2. The van der Waals surface area contributed by atoms with Crippen LogP contribution in [0.2, 0.25) is 0 Å². The first kappa shape index (κ1) is 28.0. The number of carbonyl (C=O) groups is 2. The number of fused-ring (bicyclic) bond motifs is 2. The largest absolute Gasteiger partial charge is 0.444 e. The van der Waals surface area contributed by atoms with Crippen molar-refractivity contribution >= 4 is 11.9 Å². The quantitative estimate of drug-likeness (QED) is 0.510. The van der Waals surface area contributed by atoms with Gasteiger partial charge in [-0.15, -0.1) is 0 Å². The van der Waals surface area contributed by atoms with Gasteiger partial charge in [0, 0.05) is 18.5 Å². The molecule has 2 bridgehead atoms. The van der Waals surface area contributed by atoms with Gasteiger partial charge in [0.05, 0.1) is 6.04 Å². The molecule has 3 aliphatic rings. The number of hydrogen-bond acceptors (Lipinski definition) is 5. The Bertz CT molecular complexity index is 967. The summed E-state index contributed by atoms with van der Waals surface area (Å²) in [6.07, 6.45) is 5.11. The molecule has 3 fully saturated rings. The van der Waals surface area contributed by atoms with Crippen molar-refractivity contribution in [2.45, 2.75) is 109 Å². The van der Waals surface area contributed by atoms with Gasteiger partial charge in [-0.05, 0) is 128 Å². The average Bonchev–Trinajstić information content (AvgIpc) is 3.45. The fourth-order valence-electron chi connectivity index (χ4n) is 6.67. The predicted octanol–water partition coefficient (Wildman–Crippen LogP) is 5.28. The maximum atomic E-state index is 15.2. The normalized spacial score (nSPS) is 25.6. The first-order valence-corrected chi connectivity index (χ1v) is 14.2. The molecule has 2 aliphatic heterocycles. The second-order valence-corrected chi connectivity index (χ2v) is 12.8. The Balaban J connectivity index is 1.38. The summed E-state index contributed by atoms with van der Waals surface area (Å²) in [7, 11) is 0. The number of rotatable bonds is 8. The topological polar surface area (TPSA) is 75.9 Å². The number of benzene rings is 1. The molecule has 0 aromatic heterocycles. The number of Topliss-reactive ketones (excluding diaryl/α,β-unsaturated/α-hetero) is 1. The number of carbonyl (C=O) groups excluding carboxylic acids is 2. The second-order valence-electron chi connectivity index (χ2n) is 12.8. The smallest absolute Gasteiger partial charge is 0.411 e. The van der Waals surface area contributed by atoms with Crippen molar-refractivity contribution in [3.8, 4) is 0 Å². The van der Waals surface area contributed by atoms with Crippen LogP contribution in [0.4, 0.5) is 9.18 Å². The summed E-state index contributed by atoms with van der Waals surface area (Å²) >= 11 is 0. The lowest BCUT2D eigenvalue weighted by Gasteiger charge is -2.36. The minimum atomic E-state index is -0.610. The third-order valence-electron chi connectivity index (χ3n) is 8.66. The van der Waals surface area contributed by atoms with Crippen LogP contribution in [0.3, 0.4) is 0 Å². The molecule has 2 N–H and O–H groups in total. The number of hydrogen-bond donors (Lipinski definition) is 1. The van der Waals surface area contributed by atoms with Crippen molar-refractivity contribution in [2.75, 3.05) is 19.6 Å².